The molecule has 1 aromatic heterocycles. The van der Waals surface area contributed by atoms with Crippen LogP contribution in [0, 0.1) is 0 Å². The first kappa shape index (κ1) is 15.9. The van der Waals surface area contributed by atoms with Crippen LogP contribution in [-0.2, 0) is 6.54 Å². The third-order valence-corrected chi connectivity index (χ3v) is 3.18. The Morgan fingerprint density at radius 1 is 1.16 bits per heavy atom. The van der Waals surface area contributed by atoms with Gasteiger partial charge in [0.25, 0.3) is 0 Å². The highest BCUT2D eigenvalue weighted by atomic mass is 15.3. The van der Waals surface area contributed by atoms with E-state index in [0.29, 0.717) is 6.04 Å². The minimum Gasteiger partial charge on any atom is -0.353 e. The molecule has 4 heteroatoms. The van der Waals surface area contributed by atoms with Gasteiger partial charge in [0.15, 0.2) is 5.82 Å². The molecule has 1 heterocycles. The first-order valence-electron chi connectivity index (χ1n) is 7.49. The van der Waals surface area contributed by atoms with Crippen LogP contribution in [0.1, 0.15) is 52.7 Å². The van der Waals surface area contributed by atoms with Gasteiger partial charge in [-0.05, 0) is 38.9 Å². The summed E-state index contributed by atoms with van der Waals surface area (Å²) in [5.41, 5.74) is 1.00. The molecule has 0 spiro atoms. The zero-order chi connectivity index (χ0) is 14.1. The molecule has 1 N–H and O–H groups in total. The predicted octanol–water partition coefficient (Wildman–Crippen LogP) is 2.99. The minimum absolute atomic E-state index is 0.464. The average molecular weight is 264 g/mol. The van der Waals surface area contributed by atoms with Crippen molar-refractivity contribution in [1.29, 1.82) is 0 Å². The van der Waals surface area contributed by atoms with E-state index in [1.807, 2.05) is 0 Å². The Morgan fingerprint density at radius 3 is 2.47 bits per heavy atom. The van der Waals surface area contributed by atoms with E-state index in [1.54, 1.807) is 0 Å². The molecule has 0 aromatic carbocycles. The summed E-state index contributed by atoms with van der Waals surface area (Å²) < 4.78 is 0. The van der Waals surface area contributed by atoms with Crippen molar-refractivity contribution >= 4 is 5.82 Å². The van der Waals surface area contributed by atoms with Crippen LogP contribution >= 0.6 is 0 Å². The second-order valence-electron chi connectivity index (χ2n) is 5.16. The minimum atomic E-state index is 0.464. The van der Waals surface area contributed by atoms with Crippen molar-refractivity contribution < 1.29 is 0 Å². The maximum atomic E-state index is 4.37. The Morgan fingerprint density at radius 2 is 1.95 bits per heavy atom. The van der Waals surface area contributed by atoms with Gasteiger partial charge in [0.2, 0.25) is 0 Å². The molecule has 0 aliphatic heterocycles. The van der Waals surface area contributed by atoms with Crippen LogP contribution in [0.4, 0.5) is 5.82 Å². The number of rotatable bonds is 9. The smallest absolute Gasteiger partial charge is 0.151 e. The molecular weight excluding hydrogens is 236 g/mol. The fourth-order valence-electron chi connectivity index (χ4n) is 2.02. The van der Waals surface area contributed by atoms with Crippen molar-refractivity contribution in [3.05, 3.63) is 17.8 Å². The molecule has 0 saturated carbocycles. The second kappa shape index (κ2) is 8.86. The lowest BCUT2D eigenvalue weighted by atomic mass is 10.2. The van der Waals surface area contributed by atoms with Gasteiger partial charge in [0, 0.05) is 19.1 Å². The van der Waals surface area contributed by atoms with E-state index in [2.05, 4.69) is 60.2 Å². The van der Waals surface area contributed by atoms with Crippen molar-refractivity contribution in [2.75, 3.05) is 18.0 Å². The number of nitrogens with zero attached hydrogens (tertiary/aromatic N) is 3. The van der Waals surface area contributed by atoms with Crippen LogP contribution in [0.5, 0.6) is 0 Å². The summed E-state index contributed by atoms with van der Waals surface area (Å²) in [6.07, 6.45) is 3.74. The Kier molecular flexibility index (Phi) is 7.41. The molecule has 19 heavy (non-hydrogen) atoms. The summed E-state index contributed by atoms with van der Waals surface area (Å²) in [6, 6.07) is 4.62. The van der Waals surface area contributed by atoms with E-state index < -0.39 is 0 Å². The molecule has 0 radical (unpaired) electrons. The van der Waals surface area contributed by atoms with Gasteiger partial charge in [0.05, 0.1) is 5.69 Å². The van der Waals surface area contributed by atoms with Crippen molar-refractivity contribution in [2.45, 2.75) is 59.5 Å². The quantitative estimate of drug-likeness (QED) is 0.696. The number of anilines is 1. The van der Waals surface area contributed by atoms with E-state index in [1.165, 1.54) is 19.3 Å². The molecule has 0 saturated heterocycles. The fourth-order valence-corrected chi connectivity index (χ4v) is 2.02. The van der Waals surface area contributed by atoms with Gasteiger partial charge in [-0.15, -0.1) is 5.10 Å². The molecule has 0 bridgehead atoms. The van der Waals surface area contributed by atoms with E-state index in [9.17, 15) is 0 Å². The topological polar surface area (TPSA) is 41.0 Å². The summed E-state index contributed by atoms with van der Waals surface area (Å²) in [6.45, 7) is 11.6. The summed E-state index contributed by atoms with van der Waals surface area (Å²) in [7, 11) is 0. The van der Waals surface area contributed by atoms with Crippen LogP contribution in [0.3, 0.4) is 0 Å². The maximum absolute atomic E-state index is 4.37. The van der Waals surface area contributed by atoms with Gasteiger partial charge in [-0.1, -0.05) is 26.7 Å². The molecule has 108 valence electrons. The van der Waals surface area contributed by atoms with Crippen LogP contribution in [-0.4, -0.2) is 29.3 Å². The maximum Gasteiger partial charge on any atom is 0.151 e. The molecule has 0 fully saturated rings. The van der Waals surface area contributed by atoms with Crippen LogP contribution in [0.25, 0.3) is 0 Å². The largest absolute Gasteiger partial charge is 0.353 e. The molecule has 0 atom stereocenters. The van der Waals surface area contributed by atoms with E-state index >= 15 is 0 Å². The van der Waals surface area contributed by atoms with Gasteiger partial charge in [-0.2, -0.15) is 5.10 Å². The molecule has 0 amide bonds. The number of hydrogen-bond donors (Lipinski definition) is 1. The van der Waals surface area contributed by atoms with Crippen LogP contribution in [0.2, 0.25) is 0 Å². The van der Waals surface area contributed by atoms with Crippen molar-refractivity contribution in [3.63, 3.8) is 0 Å². The number of hydrogen-bond acceptors (Lipinski definition) is 4. The Balaban J connectivity index is 2.63. The van der Waals surface area contributed by atoms with Gasteiger partial charge < -0.3 is 10.2 Å². The molecular formula is C15H28N4. The predicted molar refractivity (Wildman–Crippen MR) is 81.4 cm³/mol. The normalized spacial score (nSPS) is 11.0. The third kappa shape index (κ3) is 5.55. The van der Waals surface area contributed by atoms with Gasteiger partial charge in [-0.3, -0.25) is 0 Å². The summed E-state index contributed by atoms with van der Waals surface area (Å²) in [5, 5.41) is 11.9. The zero-order valence-corrected chi connectivity index (χ0v) is 12.8. The van der Waals surface area contributed by atoms with Gasteiger partial charge >= 0.3 is 0 Å². The lowest BCUT2D eigenvalue weighted by Crippen LogP contribution is -2.32. The Labute approximate surface area is 117 Å². The summed E-state index contributed by atoms with van der Waals surface area (Å²) in [4.78, 5) is 2.33. The molecule has 0 aliphatic rings. The molecule has 0 unspecified atom stereocenters. The van der Waals surface area contributed by atoms with Crippen molar-refractivity contribution in [1.82, 2.24) is 15.5 Å². The number of nitrogens with one attached hydrogen (secondary N) is 1. The van der Waals surface area contributed by atoms with E-state index in [4.69, 9.17) is 0 Å². The van der Waals surface area contributed by atoms with Gasteiger partial charge in [-0.25, -0.2) is 0 Å². The lowest BCUT2D eigenvalue weighted by Gasteiger charge is -2.27. The van der Waals surface area contributed by atoms with Crippen molar-refractivity contribution in [3.8, 4) is 0 Å². The Hall–Kier alpha value is -1.16. The Bertz CT molecular complexity index is 335. The highest BCUT2D eigenvalue weighted by Crippen LogP contribution is 2.14. The van der Waals surface area contributed by atoms with E-state index in [0.717, 1.165) is 31.1 Å². The average Bonchev–Trinajstić information content (AvgIpc) is 2.42. The highest BCUT2D eigenvalue weighted by molar-refractivity contribution is 5.38. The highest BCUT2D eigenvalue weighted by Gasteiger charge is 2.11. The third-order valence-electron chi connectivity index (χ3n) is 3.18. The van der Waals surface area contributed by atoms with Crippen LogP contribution < -0.4 is 10.2 Å². The molecule has 0 aliphatic carbocycles. The SMILES string of the molecule is CCCCCN(c1ccc(CNCC)nn1)C(C)C. The first-order chi connectivity index (χ1) is 9.19. The second-order valence-corrected chi connectivity index (χ2v) is 5.16. The zero-order valence-electron chi connectivity index (χ0n) is 12.8. The number of aromatic nitrogens is 2. The molecule has 1 rings (SSSR count). The summed E-state index contributed by atoms with van der Waals surface area (Å²) in [5.74, 6) is 0.992. The van der Waals surface area contributed by atoms with Crippen LogP contribution in [0.15, 0.2) is 12.1 Å². The van der Waals surface area contributed by atoms with Gasteiger partial charge in [0.1, 0.15) is 0 Å². The fraction of sp³-hybridized carbons (Fsp3) is 0.733. The summed E-state index contributed by atoms with van der Waals surface area (Å²) >= 11 is 0. The lowest BCUT2D eigenvalue weighted by molar-refractivity contribution is 0.613. The first-order valence-corrected chi connectivity index (χ1v) is 7.49. The van der Waals surface area contributed by atoms with E-state index in [-0.39, 0.29) is 0 Å². The molecule has 1 aromatic rings. The monoisotopic (exact) mass is 264 g/mol. The van der Waals surface area contributed by atoms with Crippen molar-refractivity contribution in [2.24, 2.45) is 0 Å². The number of unbranched alkanes of at least 4 members (excludes halogenated alkanes) is 2. The molecule has 4 nitrogen and oxygen atoms in total. The standard InChI is InChI=1S/C15H28N4/c1-5-7-8-11-19(13(3)4)15-10-9-14(17-18-15)12-16-6-2/h9-10,13,16H,5-8,11-12H2,1-4H3.